The predicted octanol–water partition coefficient (Wildman–Crippen LogP) is 2.61. The van der Waals surface area contributed by atoms with Gasteiger partial charge in [-0.15, -0.1) is 0 Å². The van der Waals surface area contributed by atoms with Crippen LogP contribution in [0.25, 0.3) is 0 Å². The summed E-state index contributed by atoms with van der Waals surface area (Å²) in [5.41, 5.74) is 8.89. The van der Waals surface area contributed by atoms with Gasteiger partial charge in [-0.2, -0.15) is 0 Å². The molecule has 1 fully saturated rings. The molecule has 0 heterocycles. The number of anilines is 1. The zero-order valence-corrected chi connectivity index (χ0v) is 11.7. The first kappa shape index (κ1) is 13.3. The summed E-state index contributed by atoms with van der Waals surface area (Å²) >= 11 is 5.11. The van der Waals surface area contributed by atoms with Gasteiger partial charge >= 0.3 is 0 Å². The second-order valence-corrected chi connectivity index (χ2v) is 5.31. The number of rotatable bonds is 4. The molecule has 4 heteroatoms. The highest BCUT2D eigenvalue weighted by atomic mass is 32.1. The van der Waals surface area contributed by atoms with E-state index in [2.05, 4.69) is 17.4 Å². The molecule has 1 aromatic carbocycles. The average molecular weight is 264 g/mol. The number of nitrogens with one attached hydrogen (secondary N) is 1. The molecule has 1 saturated carbocycles. The third-order valence-electron chi connectivity index (χ3n) is 3.54. The molecular formula is C14H20N2OS. The van der Waals surface area contributed by atoms with Crippen molar-refractivity contribution in [2.75, 3.05) is 12.4 Å². The van der Waals surface area contributed by atoms with Crippen molar-refractivity contribution in [2.24, 2.45) is 5.73 Å². The molecule has 3 nitrogen and oxygen atoms in total. The molecule has 0 spiro atoms. The van der Waals surface area contributed by atoms with E-state index in [0.29, 0.717) is 11.0 Å². The average Bonchev–Trinajstić information content (AvgIpc) is 2.78. The molecule has 0 amide bonds. The van der Waals surface area contributed by atoms with Gasteiger partial charge in [-0.3, -0.25) is 0 Å². The molecule has 3 N–H and O–H groups in total. The minimum Gasteiger partial charge on any atom is -0.389 e. The number of nitrogens with two attached hydrogens (primary N) is 1. The van der Waals surface area contributed by atoms with E-state index in [1.54, 1.807) is 7.11 Å². The second-order valence-electron chi connectivity index (χ2n) is 4.87. The largest absolute Gasteiger partial charge is 0.389 e. The van der Waals surface area contributed by atoms with Crippen LogP contribution in [0.1, 0.15) is 30.4 Å². The molecule has 2 unspecified atom stereocenters. The Kier molecular flexibility index (Phi) is 4.19. The standard InChI is InChI=1S/C14H20N2OS/c1-9-6-7-11(10(8-9)14(15)18)16-12-4-3-5-13(12)17-2/h6-8,12-13,16H,3-5H2,1-2H3,(H2,15,18). The van der Waals surface area contributed by atoms with Gasteiger partial charge in [0.15, 0.2) is 0 Å². The van der Waals surface area contributed by atoms with E-state index in [9.17, 15) is 0 Å². The fraction of sp³-hybridized carbons (Fsp3) is 0.500. The van der Waals surface area contributed by atoms with Crippen molar-refractivity contribution < 1.29 is 4.74 Å². The van der Waals surface area contributed by atoms with Gasteiger partial charge in [0, 0.05) is 18.4 Å². The molecule has 2 rings (SSSR count). The van der Waals surface area contributed by atoms with Gasteiger partial charge in [0.05, 0.1) is 12.1 Å². The van der Waals surface area contributed by atoms with Crippen molar-refractivity contribution in [1.29, 1.82) is 0 Å². The normalized spacial score (nSPS) is 23.0. The van der Waals surface area contributed by atoms with E-state index in [1.807, 2.05) is 13.0 Å². The highest BCUT2D eigenvalue weighted by molar-refractivity contribution is 7.80. The van der Waals surface area contributed by atoms with E-state index < -0.39 is 0 Å². The van der Waals surface area contributed by atoms with Gasteiger partial charge in [-0.05, 0) is 38.3 Å². The molecule has 0 bridgehead atoms. The molecule has 0 aromatic heterocycles. The fourth-order valence-electron chi connectivity index (χ4n) is 2.56. The van der Waals surface area contributed by atoms with Gasteiger partial charge < -0.3 is 15.8 Å². The van der Waals surface area contributed by atoms with E-state index in [-0.39, 0.29) is 6.10 Å². The third kappa shape index (κ3) is 2.82. The number of hydrogen-bond acceptors (Lipinski definition) is 3. The molecule has 2 atom stereocenters. The summed E-state index contributed by atoms with van der Waals surface area (Å²) in [6, 6.07) is 6.50. The SMILES string of the molecule is COC1CCCC1Nc1ccc(C)cc1C(N)=S. The Labute approximate surface area is 114 Å². The number of methoxy groups -OCH3 is 1. The highest BCUT2D eigenvalue weighted by Crippen LogP contribution is 2.27. The number of aryl methyl sites for hydroxylation is 1. The highest BCUT2D eigenvalue weighted by Gasteiger charge is 2.27. The summed E-state index contributed by atoms with van der Waals surface area (Å²) in [7, 11) is 1.77. The lowest BCUT2D eigenvalue weighted by Crippen LogP contribution is -2.30. The van der Waals surface area contributed by atoms with Crippen molar-refractivity contribution in [3.05, 3.63) is 29.3 Å². The first-order chi connectivity index (χ1) is 8.61. The Bertz CT molecular complexity index is 447. The van der Waals surface area contributed by atoms with Crippen LogP contribution in [0.15, 0.2) is 18.2 Å². The summed E-state index contributed by atoms with van der Waals surface area (Å²) in [5, 5.41) is 3.53. The van der Waals surface area contributed by atoms with Crippen molar-refractivity contribution >= 4 is 22.9 Å². The Morgan fingerprint density at radius 3 is 2.89 bits per heavy atom. The lowest BCUT2D eigenvalue weighted by molar-refractivity contribution is 0.101. The second kappa shape index (κ2) is 5.67. The maximum atomic E-state index is 5.79. The smallest absolute Gasteiger partial charge is 0.106 e. The van der Waals surface area contributed by atoms with Crippen LogP contribution in [-0.4, -0.2) is 24.2 Å². The summed E-state index contributed by atoms with van der Waals surface area (Å²) in [6.45, 7) is 2.04. The lowest BCUT2D eigenvalue weighted by Gasteiger charge is -2.22. The van der Waals surface area contributed by atoms with Crippen LogP contribution in [0.2, 0.25) is 0 Å². The van der Waals surface area contributed by atoms with E-state index in [0.717, 1.165) is 29.7 Å². The number of ether oxygens (including phenoxy) is 1. The van der Waals surface area contributed by atoms with Crippen LogP contribution in [0.4, 0.5) is 5.69 Å². The zero-order chi connectivity index (χ0) is 13.1. The molecule has 0 saturated heterocycles. The van der Waals surface area contributed by atoms with Gasteiger partial charge in [0.1, 0.15) is 4.99 Å². The molecule has 0 radical (unpaired) electrons. The summed E-state index contributed by atoms with van der Waals surface area (Å²) in [6.07, 6.45) is 3.72. The van der Waals surface area contributed by atoms with Crippen LogP contribution < -0.4 is 11.1 Å². The maximum Gasteiger partial charge on any atom is 0.106 e. The minimum absolute atomic E-state index is 0.283. The lowest BCUT2D eigenvalue weighted by atomic mass is 10.1. The third-order valence-corrected chi connectivity index (χ3v) is 3.76. The first-order valence-electron chi connectivity index (χ1n) is 6.31. The Morgan fingerprint density at radius 2 is 2.22 bits per heavy atom. The summed E-state index contributed by atoms with van der Waals surface area (Å²) in [4.78, 5) is 0.438. The van der Waals surface area contributed by atoms with Gasteiger partial charge in [0.25, 0.3) is 0 Å². The molecule has 1 aliphatic carbocycles. The molecule has 1 aliphatic rings. The molecule has 98 valence electrons. The summed E-state index contributed by atoms with van der Waals surface area (Å²) in [5.74, 6) is 0. The van der Waals surface area contributed by atoms with Gasteiger partial charge in [-0.1, -0.05) is 23.8 Å². The molecule has 0 aliphatic heterocycles. The summed E-state index contributed by atoms with van der Waals surface area (Å²) < 4.78 is 5.49. The quantitative estimate of drug-likeness (QED) is 0.821. The Hall–Kier alpha value is -1.13. The number of hydrogen-bond donors (Lipinski definition) is 2. The molecular weight excluding hydrogens is 244 g/mol. The van der Waals surface area contributed by atoms with Crippen molar-refractivity contribution in [3.8, 4) is 0 Å². The minimum atomic E-state index is 0.283. The van der Waals surface area contributed by atoms with Crippen LogP contribution >= 0.6 is 12.2 Å². The van der Waals surface area contributed by atoms with Crippen molar-refractivity contribution in [1.82, 2.24) is 0 Å². The fourth-order valence-corrected chi connectivity index (χ4v) is 2.73. The van der Waals surface area contributed by atoms with Crippen molar-refractivity contribution in [2.45, 2.75) is 38.3 Å². The van der Waals surface area contributed by atoms with Gasteiger partial charge in [0.2, 0.25) is 0 Å². The zero-order valence-electron chi connectivity index (χ0n) is 10.9. The van der Waals surface area contributed by atoms with E-state index in [4.69, 9.17) is 22.7 Å². The van der Waals surface area contributed by atoms with E-state index >= 15 is 0 Å². The first-order valence-corrected chi connectivity index (χ1v) is 6.72. The Morgan fingerprint density at radius 1 is 1.44 bits per heavy atom. The Balaban J connectivity index is 2.20. The molecule has 18 heavy (non-hydrogen) atoms. The maximum absolute atomic E-state index is 5.79. The number of benzene rings is 1. The number of thiocarbonyl (C=S) groups is 1. The molecule has 1 aromatic rings. The van der Waals surface area contributed by atoms with E-state index in [1.165, 1.54) is 6.42 Å². The van der Waals surface area contributed by atoms with Crippen LogP contribution in [-0.2, 0) is 4.74 Å². The van der Waals surface area contributed by atoms with Crippen molar-refractivity contribution in [3.63, 3.8) is 0 Å². The topological polar surface area (TPSA) is 47.3 Å². The van der Waals surface area contributed by atoms with Crippen LogP contribution in [0.5, 0.6) is 0 Å². The van der Waals surface area contributed by atoms with Crippen LogP contribution in [0.3, 0.4) is 0 Å². The monoisotopic (exact) mass is 264 g/mol. The van der Waals surface area contributed by atoms with Crippen LogP contribution in [0, 0.1) is 6.92 Å². The van der Waals surface area contributed by atoms with Gasteiger partial charge in [-0.25, -0.2) is 0 Å². The predicted molar refractivity (Wildman–Crippen MR) is 79.1 cm³/mol.